The number of allylic oxidation sites excluding steroid dienone is 1. The molecule has 1 aromatic rings. The Labute approximate surface area is 77.1 Å². The molecule has 0 spiro atoms. The van der Waals surface area contributed by atoms with E-state index in [9.17, 15) is 4.79 Å². The highest BCUT2D eigenvalue weighted by Gasteiger charge is 1.95. The average Bonchev–Trinajstić information content (AvgIpc) is 2.17. The van der Waals surface area contributed by atoms with Crippen LogP contribution in [0.25, 0.3) is 6.08 Å². The first-order valence-electron chi connectivity index (χ1n) is 3.90. The number of benzene rings is 1. The Bertz CT molecular complexity index is 385. The molecular formula is C11H9NO. The van der Waals surface area contributed by atoms with Gasteiger partial charge in [0.2, 0.25) is 0 Å². The molecule has 2 nitrogen and oxygen atoms in total. The maximum Gasteiger partial charge on any atom is 0.160 e. The molecule has 0 unspecified atom stereocenters. The average molecular weight is 171 g/mol. The predicted molar refractivity (Wildman–Crippen MR) is 50.8 cm³/mol. The normalized spacial score (nSPS) is 10.6. The van der Waals surface area contributed by atoms with E-state index in [1.165, 1.54) is 0 Å². The zero-order valence-electron chi connectivity index (χ0n) is 7.32. The number of hydrogen-bond acceptors (Lipinski definition) is 2. The molecule has 0 saturated heterocycles. The van der Waals surface area contributed by atoms with Crippen molar-refractivity contribution < 1.29 is 4.79 Å². The van der Waals surface area contributed by atoms with E-state index < -0.39 is 0 Å². The van der Waals surface area contributed by atoms with Crippen molar-refractivity contribution in [3.63, 3.8) is 0 Å². The van der Waals surface area contributed by atoms with E-state index >= 15 is 0 Å². The van der Waals surface area contributed by atoms with Crippen LogP contribution in [0.15, 0.2) is 29.8 Å². The van der Waals surface area contributed by atoms with Crippen LogP contribution < -0.4 is 0 Å². The summed E-state index contributed by atoms with van der Waals surface area (Å²) in [7, 11) is 0. The minimum absolute atomic E-state index is 0.148. The van der Waals surface area contributed by atoms with Crippen molar-refractivity contribution in [3.8, 4) is 6.07 Å². The molecule has 13 heavy (non-hydrogen) atoms. The summed E-state index contributed by atoms with van der Waals surface area (Å²) in [6, 6.07) is 9.42. The maximum atomic E-state index is 10.4. The predicted octanol–water partition coefficient (Wildman–Crippen LogP) is 2.10. The van der Waals surface area contributed by atoms with Gasteiger partial charge in [0.15, 0.2) is 6.29 Å². The molecule has 0 atom stereocenters. The smallest absolute Gasteiger partial charge is 0.160 e. The van der Waals surface area contributed by atoms with Gasteiger partial charge in [0, 0.05) is 0 Å². The third kappa shape index (κ3) is 2.28. The summed E-state index contributed by atoms with van der Waals surface area (Å²) < 4.78 is 0. The summed E-state index contributed by atoms with van der Waals surface area (Å²) >= 11 is 0. The van der Waals surface area contributed by atoms with Gasteiger partial charge >= 0.3 is 0 Å². The van der Waals surface area contributed by atoms with Gasteiger partial charge in [-0.3, -0.25) is 4.79 Å². The third-order valence-electron chi connectivity index (χ3n) is 1.76. The van der Waals surface area contributed by atoms with Crippen molar-refractivity contribution >= 4 is 12.4 Å². The number of carbonyl (C=O) groups excluding carboxylic acids is 1. The van der Waals surface area contributed by atoms with Gasteiger partial charge in [-0.15, -0.1) is 0 Å². The van der Waals surface area contributed by atoms with E-state index in [2.05, 4.69) is 0 Å². The van der Waals surface area contributed by atoms with Crippen LogP contribution >= 0.6 is 0 Å². The lowest BCUT2D eigenvalue weighted by Gasteiger charge is -1.97. The summed E-state index contributed by atoms with van der Waals surface area (Å²) in [4.78, 5) is 10.4. The Hall–Kier alpha value is -1.88. The molecule has 64 valence electrons. The van der Waals surface area contributed by atoms with Gasteiger partial charge in [-0.25, -0.2) is 0 Å². The Morgan fingerprint density at radius 3 is 2.69 bits per heavy atom. The van der Waals surface area contributed by atoms with Crippen molar-refractivity contribution in [2.45, 2.75) is 6.92 Å². The first-order chi connectivity index (χ1) is 6.27. The molecule has 2 heteroatoms. The van der Waals surface area contributed by atoms with Crippen LogP contribution in [0.3, 0.4) is 0 Å². The van der Waals surface area contributed by atoms with Gasteiger partial charge in [0.1, 0.15) is 6.07 Å². The van der Waals surface area contributed by atoms with Crippen LogP contribution in [0, 0.1) is 18.3 Å². The number of aldehydes is 1. The Morgan fingerprint density at radius 2 is 2.15 bits per heavy atom. The summed E-state index contributed by atoms with van der Waals surface area (Å²) in [5.74, 6) is 0. The summed E-state index contributed by atoms with van der Waals surface area (Å²) in [6.45, 7) is 1.94. The van der Waals surface area contributed by atoms with E-state index in [1.54, 1.807) is 6.08 Å². The number of carbonyl (C=O) groups is 1. The van der Waals surface area contributed by atoms with Crippen molar-refractivity contribution in [2.75, 3.05) is 0 Å². The Morgan fingerprint density at radius 1 is 1.46 bits per heavy atom. The number of hydrogen-bond donors (Lipinski definition) is 0. The fourth-order valence-electron chi connectivity index (χ4n) is 1.01. The van der Waals surface area contributed by atoms with E-state index in [0.717, 1.165) is 11.1 Å². The molecule has 0 bridgehead atoms. The summed E-state index contributed by atoms with van der Waals surface area (Å²) in [5.41, 5.74) is 2.11. The fourth-order valence-corrected chi connectivity index (χ4v) is 1.01. The summed E-state index contributed by atoms with van der Waals surface area (Å²) in [6.07, 6.45) is 2.15. The summed E-state index contributed by atoms with van der Waals surface area (Å²) in [5, 5.41) is 8.53. The molecule has 0 heterocycles. The van der Waals surface area contributed by atoms with Gasteiger partial charge in [-0.05, 0) is 24.1 Å². The highest BCUT2D eigenvalue weighted by atomic mass is 16.1. The second kappa shape index (κ2) is 4.22. The van der Waals surface area contributed by atoms with Crippen molar-refractivity contribution in [2.24, 2.45) is 0 Å². The lowest BCUT2D eigenvalue weighted by Crippen LogP contribution is -1.83. The van der Waals surface area contributed by atoms with Crippen molar-refractivity contribution in [1.82, 2.24) is 0 Å². The first-order valence-corrected chi connectivity index (χ1v) is 3.90. The highest BCUT2D eigenvalue weighted by Crippen LogP contribution is 2.10. The van der Waals surface area contributed by atoms with Gasteiger partial charge in [-0.2, -0.15) is 5.26 Å². The van der Waals surface area contributed by atoms with Gasteiger partial charge < -0.3 is 0 Å². The number of aryl methyl sites for hydroxylation is 1. The minimum atomic E-state index is 0.148. The van der Waals surface area contributed by atoms with E-state index in [4.69, 9.17) is 5.26 Å². The van der Waals surface area contributed by atoms with E-state index in [-0.39, 0.29) is 5.57 Å². The molecule has 0 aromatic heterocycles. The molecule has 0 aliphatic heterocycles. The largest absolute Gasteiger partial charge is 0.297 e. The van der Waals surface area contributed by atoms with Gasteiger partial charge in [-0.1, -0.05) is 24.3 Å². The number of nitrogens with zero attached hydrogens (tertiary/aromatic N) is 1. The van der Waals surface area contributed by atoms with Crippen molar-refractivity contribution in [1.29, 1.82) is 5.26 Å². The van der Waals surface area contributed by atoms with Crippen molar-refractivity contribution in [3.05, 3.63) is 41.0 Å². The molecule has 0 N–H and O–H groups in total. The van der Waals surface area contributed by atoms with E-state index in [1.807, 2.05) is 37.3 Å². The molecule has 1 rings (SSSR count). The van der Waals surface area contributed by atoms with Crippen LogP contribution in [0.5, 0.6) is 0 Å². The molecule has 0 radical (unpaired) electrons. The van der Waals surface area contributed by atoms with Crippen LogP contribution in [0.2, 0.25) is 0 Å². The molecule has 0 aliphatic carbocycles. The fraction of sp³-hybridized carbons (Fsp3) is 0.0909. The molecule has 1 aromatic carbocycles. The standard InChI is InChI=1S/C11H9NO/c1-9-4-2-3-5-11(9)6-10(7-12)8-13/h2-6,8H,1H3/b10-6+. The SMILES string of the molecule is Cc1ccccc1/C=C(\C#N)C=O. The van der Waals surface area contributed by atoms with Crippen LogP contribution in [-0.4, -0.2) is 6.29 Å². The molecule has 0 saturated carbocycles. The molecule has 0 amide bonds. The Balaban J connectivity index is 3.11. The second-order valence-corrected chi connectivity index (χ2v) is 2.69. The zero-order chi connectivity index (χ0) is 9.68. The number of nitriles is 1. The van der Waals surface area contributed by atoms with Gasteiger partial charge in [0.05, 0.1) is 5.57 Å². The van der Waals surface area contributed by atoms with Crippen LogP contribution in [-0.2, 0) is 4.79 Å². The van der Waals surface area contributed by atoms with Crippen LogP contribution in [0.4, 0.5) is 0 Å². The minimum Gasteiger partial charge on any atom is -0.297 e. The lowest BCUT2D eigenvalue weighted by atomic mass is 10.1. The zero-order valence-corrected chi connectivity index (χ0v) is 7.32. The van der Waals surface area contributed by atoms with Crippen LogP contribution in [0.1, 0.15) is 11.1 Å². The topological polar surface area (TPSA) is 40.9 Å². The molecular weight excluding hydrogens is 162 g/mol. The highest BCUT2D eigenvalue weighted by molar-refractivity contribution is 5.87. The van der Waals surface area contributed by atoms with E-state index in [0.29, 0.717) is 6.29 Å². The third-order valence-corrected chi connectivity index (χ3v) is 1.76. The first kappa shape index (κ1) is 9.21. The Kier molecular flexibility index (Phi) is 2.99. The molecule has 0 aliphatic rings. The molecule has 0 fully saturated rings. The van der Waals surface area contributed by atoms with Gasteiger partial charge in [0.25, 0.3) is 0 Å². The maximum absolute atomic E-state index is 10.4. The monoisotopic (exact) mass is 171 g/mol. The quantitative estimate of drug-likeness (QED) is 0.388. The second-order valence-electron chi connectivity index (χ2n) is 2.69. The lowest BCUT2D eigenvalue weighted by molar-refractivity contribution is -0.104. The number of rotatable bonds is 2.